The number of hydrogen-bond acceptors (Lipinski definition) is 5. The normalized spacial score (nSPS) is 10.3. The zero-order chi connectivity index (χ0) is 9.26. The number of aromatic nitrogens is 2. The molecule has 2 rings (SSSR count). The van der Waals surface area contributed by atoms with Crippen molar-refractivity contribution in [1.29, 1.82) is 0 Å². The van der Waals surface area contributed by atoms with Crippen molar-refractivity contribution in [3.8, 4) is 10.8 Å². The van der Waals surface area contributed by atoms with Crippen LogP contribution in [0.1, 0.15) is 4.88 Å². The second-order valence-corrected chi connectivity index (χ2v) is 3.86. The first-order valence-corrected chi connectivity index (χ1v) is 4.69. The van der Waals surface area contributed by atoms with E-state index in [1.165, 1.54) is 4.88 Å². The van der Waals surface area contributed by atoms with Gasteiger partial charge in [0, 0.05) is 11.9 Å². The molecule has 5 heteroatoms. The maximum absolute atomic E-state index is 5.31. The molecule has 68 valence electrons. The van der Waals surface area contributed by atoms with E-state index in [4.69, 9.17) is 4.42 Å². The van der Waals surface area contributed by atoms with Gasteiger partial charge in [-0.2, -0.15) is 0 Å². The molecule has 0 radical (unpaired) electrons. The summed E-state index contributed by atoms with van der Waals surface area (Å²) < 4.78 is 5.31. The monoisotopic (exact) mass is 195 g/mol. The third kappa shape index (κ3) is 1.55. The van der Waals surface area contributed by atoms with Crippen LogP contribution in [0.5, 0.6) is 0 Å². The number of rotatable bonds is 2. The van der Waals surface area contributed by atoms with Crippen molar-refractivity contribution in [1.82, 2.24) is 10.2 Å². The van der Waals surface area contributed by atoms with Crippen molar-refractivity contribution in [2.24, 2.45) is 0 Å². The molecule has 2 heterocycles. The van der Waals surface area contributed by atoms with E-state index in [-0.39, 0.29) is 0 Å². The average Bonchev–Trinajstić information content (AvgIpc) is 2.71. The zero-order valence-corrected chi connectivity index (χ0v) is 8.18. The SMILES string of the molecule is CNc1nnc(-c2ccc(C)s2)o1. The lowest BCUT2D eigenvalue weighted by Gasteiger charge is -1.86. The largest absolute Gasteiger partial charge is 0.403 e. The highest BCUT2D eigenvalue weighted by atomic mass is 32.1. The van der Waals surface area contributed by atoms with Crippen molar-refractivity contribution < 1.29 is 4.42 Å². The molecule has 2 aromatic rings. The summed E-state index contributed by atoms with van der Waals surface area (Å²) in [6, 6.07) is 4.46. The fourth-order valence-corrected chi connectivity index (χ4v) is 1.76. The lowest BCUT2D eigenvalue weighted by atomic mass is 10.4. The van der Waals surface area contributed by atoms with Crippen LogP contribution in [0.4, 0.5) is 6.01 Å². The molecule has 0 saturated carbocycles. The van der Waals surface area contributed by atoms with Crippen LogP contribution in [0.15, 0.2) is 16.5 Å². The van der Waals surface area contributed by atoms with Crippen molar-refractivity contribution in [2.75, 3.05) is 12.4 Å². The Morgan fingerprint density at radius 3 is 2.77 bits per heavy atom. The van der Waals surface area contributed by atoms with Crippen molar-refractivity contribution in [2.45, 2.75) is 6.92 Å². The maximum Gasteiger partial charge on any atom is 0.315 e. The van der Waals surface area contributed by atoms with Gasteiger partial charge >= 0.3 is 6.01 Å². The van der Waals surface area contributed by atoms with Gasteiger partial charge in [0.25, 0.3) is 5.89 Å². The zero-order valence-electron chi connectivity index (χ0n) is 7.37. The van der Waals surface area contributed by atoms with E-state index in [1.807, 2.05) is 19.1 Å². The predicted octanol–water partition coefficient (Wildman–Crippen LogP) is 2.15. The summed E-state index contributed by atoms with van der Waals surface area (Å²) >= 11 is 1.64. The number of anilines is 1. The molecular formula is C8H9N3OS. The summed E-state index contributed by atoms with van der Waals surface area (Å²) in [5, 5.41) is 10.5. The van der Waals surface area contributed by atoms with Crippen LogP contribution in [-0.2, 0) is 0 Å². The minimum atomic E-state index is 0.445. The van der Waals surface area contributed by atoms with Gasteiger partial charge < -0.3 is 9.73 Å². The Morgan fingerprint density at radius 1 is 1.38 bits per heavy atom. The number of hydrogen-bond donors (Lipinski definition) is 1. The van der Waals surface area contributed by atoms with Crippen molar-refractivity contribution >= 4 is 17.4 Å². The smallest absolute Gasteiger partial charge is 0.315 e. The molecular weight excluding hydrogens is 186 g/mol. The highest BCUT2D eigenvalue weighted by Crippen LogP contribution is 2.26. The molecule has 0 unspecified atom stereocenters. The molecule has 1 N–H and O–H groups in total. The Kier molecular flexibility index (Phi) is 2.02. The van der Waals surface area contributed by atoms with Gasteiger partial charge in [-0.05, 0) is 19.1 Å². The minimum absolute atomic E-state index is 0.445. The van der Waals surface area contributed by atoms with E-state index in [1.54, 1.807) is 18.4 Å². The Balaban J connectivity index is 2.35. The number of nitrogens with one attached hydrogen (secondary N) is 1. The molecule has 13 heavy (non-hydrogen) atoms. The van der Waals surface area contributed by atoms with Gasteiger partial charge in [0.1, 0.15) is 0 Å². The Labute approximate surface area is 79.6 Å². The molecule has 0 bridgehead atoms. The second kappa shape index (κ2) is 3.18. The van der Waals surface area contributed by atoms with Crippen LogP contribution in [-0.4, -0.2) is 17.2 Å². The molecule has 2 aromatic heterocycles. The standard InChI is InChI=1S/C8H9N3OS/c1-5-3-4-6(13-5)7-10-11-8(9-2)12-7/h3-4H,1-2H3,(H,9,11). The quantitative estimate of drug-likeness (QED) is 0.797. The summed E-state index contributed by atoms with van der Waals surface area (Å²) in [7, 11) is 1.75. The Morgan fingerprint density at radius 2 is 2.23 bits per heavy atom. The lowest BCUT2D eigenvalue weighted by molar-refractivity contribution is 0.587. The molecule has 0 amide bonds. The molecule has 0 atom stereocenters. The highest BCUT2D eigenvalue weighted by molar-refractivity contribution is 7.15. The van der Waals surface area contributed by atoms with Crippen LogP contribution in [0.25, 0.3) is 10.8 Å². The maximum atomic E-state index is 5.31. The van der Waals surface area contributed by atoms with E-state index in [0.717, 1.165) is 4.88 Å². The second-order valence-electron chi connectivity index (χ2n) is 2.57. The summed E-state index contributed by atoms with van der Waals surface area (Å²) in [5.41, 5.74) is 0. The van der Waals surface area contributed by atoms with E-state index in [2.05, 4.69) is 15.5 Å². The summed E-state index contributed by atoms with van der Waals surface area (Å²) in [5.74, 6) is 0.572. The van der Waals surface area contributed by atoms with Gasteiger partial charge in [-0.1, -0.05) is 5.10 Å². The third-order valence-corrected chi connectivity index (χ3v) is 2.58. The highest BCUT2D eigenvalue weighted by Gasteiger charge is 2.08. The number of aryl methyl sites for hydroxylation is 1. The van der Waals surface area contributed by atoms with E-state index >= 15 is 0 Å². The first kappa shape index (κ1) is 8.25. The average molecular weight is 195 g/mol. The third-order valence-electron chi connectivity index (χ3n) is 1.59. The van der Waals surface area contributed by atoms with Gasteiger partial charge in [-0.3, -0.25) is 0 Å². The van der Waals surface area contributed by atoms with E-state index in [0.29, 0.717) is 11.9 Å². The molecule has 0 saturated heterocycles. The van der Waals surface area contributed by atoms with Gasteiger partial charge in [-0.25, -0.2) is 0 Å². The number of nitrogens with zero attached hydrogens (tertiary/aromatic N) is 2. The molecule has 0 aliphatic heterocycles. The molecule has 0 fully saturated rings. The predicted molar refractivity (Wildman–Crippen MR) is 51.9 cm³/mol. The fraction of sp³-hybridized carbons (Fsp3) is 0.250. The van der Waals surface area contributed by atoms with Crippen LogP contribution in [0.2, 0.25) is 0 Å². The lowest BCUT2D eigenvalue weighted by Crippen LogP contribution is -1.85. The number of thiophene rings is 1. The van der Waals surface area contributed by atoms with Gasteiger partial charge in [-0.15, -0.1) is 16.4 Å². The first-order valence-electron chi connectivity index (χ1n) is 3.87. The van der Waals surface area contributed by atoms with E-state index in [9.17, 15) is 0 Å². The molecule has 0 spiro atoms. The summed E-state index contributed by atoms with van der Waals surface area (Å²) in [4.78, 5) is 2.24. The summed E-state index contributed by atoms with van der Waals surface area (Å²) in [6.07, 6.45) is 0. The molecule has 0 aliphatic carbocycles. The summed E-state index contributed by atoms with van der Waals surface area (Å²) in [6.45, 7) is 2.05. The van der Waals surface area contributed by atoms with Crippen molar-refractivity contribution in [3.05, 3.63) is 17.0 Å². The van der Waals surface area contributed by atoms with Gasteiger partial charge in [0.2, 0.25) is 0 Å². The van der Waals surface area contributed by atoms with Crippen LogP contribution in [0, 0.1) is 6.92 Å². The van der Waals surface area contributed by atoms with Crippen LogP contribution in [0.3, 0.4) is 0 Å². The van der Waals surface area contributed by atoms with Crippen molar-refractivity contribution in [3.63, 3.8) is 0 Å². The molecule has 0 aliphatic rings. The van der Waals surface area contributed by atoms with Crippen LogP contribution < -0.4 is 5.32 Å². The fourth-order valence-electron chi connectivity index (χ4n) is 0.973. The molecule has 4 nitrogen and oxygen atoms in total. The van der Waals surface area contributed by atoms with E-state index < -0.39 is 0 Å². The van der Waals surface area contributed by atoms with Gasteiger partial charge in [0.05, 0.1) is 4.88 Å². The van der Waals surface area contributed by atoms with Gasteiger partial charge in [0.15, 0.2) is 0 Å². The molecule has 0 aromatic carbocycles. The Bertz CT molecular complexity index is 407. The van der Waals surface area contributed by atoms with Crippen LogP contribution >= 0.6 is 11.3 Å². The first-order chi connectivity index (χ1) is 6.29. The Hall–Kier alpha value is -1.36. The topological polar surface area (TPSA) is 51.0 Å². The minimum Gasteiger partial charge on any atom is -0.403 e.